The highest BCUT2D eigenvalue weighted by atomic mass is 16.1. The van der Waals surface area contributed by atoms with Crippen molar-refractivity contribution in [1.29, 1.82) is 0 Å². The van der Waals surface area contributed by atoms with E-state index in [0.717, 1.165) is 19.1 Å². The van der Waals surface area contributed by atoms with Gasteiger partial charge < -0.3 is 4.79 Å². The Labute approximate surface area is 85.5 Å². The van der Waals surface area contributed by atoms with Gasteiger partial charge in [-0.25, -0.2) is 0 Å². The van der Waals surface area contributed by atoms with Gasteiger partial charge in [-0.15, -0.1) is 0 Å². The number of carbonyl (C=O) groups is 1. The van der Waals surface area contributed by atoms with Gasteiger partial charge in [0.2, 0.25) is 0 Å². The molecule has 0 saturated carbocycles. The number of rotatable bonds is 5. The van der Waals surface area contributed by atoms with Crippen LogP contribution in [-0.4, -0.2) is 6.29 Å². The van der Waals surface area contributed by atoms with Gasteiger partial charge in [0.1, 0.15) is 6.29 Å². The molecular formula is C13H16O. The van der Waals surface area contributed by atoms with Crippen molar-refractivity contribution < 1.29 is 4.79 Å². The lowest BCUT2D eigenvalue weighted by molar-refractivity contribution is -0.107. The van der Waals surface area contributed by atoms with Crippen LogP contribution in [0.25, 0.3) is 6.08 Å². The lowest BCUT2D eigenvalue weighted by atomic mass is 10.1. The highest BCUT2D eigenvalue weighted by Crippen LogP contribution is 2.08. The van der Waals surface area contributed by atoms with E-state index in [4.69, 9.17) is 0 Å². The maximum atomic E-state index is 10.1. The Morgan fingerprint density at radius 2 is 1.93 bits per heavy atom. The molecule has 74 valence electrons. The molecule has 0 heterocycles. The summed E-state index contributed by atoms with van der Waals surface area (Å²) in [6.45, 7) is 2.01. The highest BCUT2D eigenvalue weighted by Gasteiger charge is 1.92. The number of hydrogen-bond donors (Lipinski definition) is 0. The summed E-state index contributed by atoms with van der Waals surface area (Å²) in [5, 5.41) is 0. The van der Waals surface area contributed by atoms with E-state index in [1.54, 1.807) is 0 Å². The van der Waals surface area contributed by atoms with Crippen molar-refractivity contribution in [2.75, 3.05) is 0 Å². The fraction of sp³-hybridized carbons (Fsp3) is 0.308. The summed E-state index contributed by atoms with van der Waals surface area (Å²) in [5.41, 5.74) is 2.53. The van der Waals surface area contributed by atoms with Gasteiger partial charge in [0.25, 0.3) is 0 Å². The number of aryl methyl sites for hydroxylation is 1. The van der Waals surface area contributed by atoms with Gasteiger partial charge in [0.15, 0.2) is 0 Å². The predicted molar refractivity (Wildman–Crippen MR) is 60.2 cm³/mol. The van der Waals surface area contributed by atoms with E-state index in [-0.39, 0.29) is 0 Å². The second-order valence-corrected chi connectivity index (χ2v) is 3.30. The van der Waals surface area contributed by atoms with Crippen molar-refractivity contribution >= 4 is 12.4 Å². The van der Waals surface area contributed by atoms with E-state index in [9.17, 15) is 4.79 Å². The third kappa shape index (κ3) is 3.56. The molecule has 0 bridgehead atoms. The SMILES string of the molecule is C/C=C/c1ccc(CCCC=O)cc1. The molecule has 1 aromatic rings. The Morgan fingerprint density at radius 3 is 2.50 bits per heavy atom. The topological polar surface area (TPSA) is 17.1 Å². The van der Waals surface area contributed by atoms with E-state index in [2.05, 4.69) is 30.3 Å². The number of benzene rings is 1. The van der Waals surface area contributed by atoms with Crippen LogP contribution in [0.1, 0.15) is 30.9 Å². The van der Waals surface area contributed by atoms with Crippen LogP contribution in [0, 0.1) is 0 Å². The number of hydrogen-bond acceptors (Lipinski definition) is 1. The van der Waals surface area contributed by atoms with E-state index in [0.29, 0.717) is 6.42 Å². The Balaban J connectivity index is 2.50. The van der Waals surface area contributed by atoms with Gasteiger partial charge in [0, 0.05) is 6.42 Å². The first-order valence-corrected chi connectivity index (χ1v) is 5.02. The number of aldehydes is 1. The summed E-state index contributed by atoms with van der Waals surface area (Å²) in [6, 6.07) is 8.47. The third-order valence-corrected chi connectivity index (χ3v) is 2.13. The van der Waals surface area contributed by atoms with E-state index >= 15 is 0 Å². The minimum atomic E-state index is 0.663. The molecule has 1 aromatic carbocycles. The van der Waals surface area contributed by atoms with Crippen LogP contribution < -0.4 is 0 Å². The fourth-order valence-corrected chi connectivity index (χ4v) is 1.38. The highest BCUT2D eigenvalue weighted by molar-refractivity contribution is 5.50. The summed E-state index contributed by atoms with van der Waals surface area (Å²) < 4.78 is 0. The zero-order valence-electron chi connectivity index (χ0n) is 8.57. The first-order chi connectivity index (χ1) is 6.86. The van der Waals surface area contributed by atoms with E-state index in [1.165, 1.54) is 11.1 Å². The lowest BCUT2D eigenvalue weighted by Crippen LogP contribution is -1.86. The zero-order chi connectivity index (χ0) is 10.2. The molecule has 0 fully saturated rings. The first-order valence-electron chi connectivity index (χ1n) is 5.02. The molecule has 1 rings (SSSR count). The maximum absolute atomic E-state index is 10.1. The van der Waals surface area contributed by atoms with Crippen LogP contribution >= 0.6 is 0 Å². The molecule has 0 atom stereocenters. The summed E-state index contributed by atoms with van der Waals surface area (Å²) in [4.78, 5) is 10.1. The molecule has 0 N–H and O–H groups in total. The largest absolute Gasteiger partial charge is 0.303 e. The summed E-state index contributed by atoms with van der Waals surface area (Å²) in [6.07, 6.45) is 7.70. The van der Waals surface area contributed by atoms with Crippen LogP contribution in [0.15, 0.2) is 30.3 Å². The standard InChI is InChI=1S/C13H16O/c1-2-5-12-7-9-13(10-8-12)6-3-4-11-14/h2,5,7-11H,3-4,6H2,1H3/b5-2+. The predicted octanol–water partition coefficient (Wildman–Crippen LogP) is 3.24. The quantitative estimate of drug-likeness (QED) is 0.512. The monoisotopic (exact) mass is 188 g/mol. The normalized spacial score (nSPS) is 10.6. The molecule has 0 aromatic heterocycles. The Bertz CT molecular complexity index is 296. The smallest absolute Gasteiger partial charge is 0.120 e. The number of carbonyl (C=O) groups excluding carboxylic acids is 1. The van der Waals surface area contributed by atoms with Crippen molar-refractivity contribution in [2.24, 2.45) is 0 Å². The van der Waals surface area contributed by atoms with Crippen molar-refractivity contribution in [1.82, 2.24) is 0 Å². The van der Waals surface area contributed by atoms with Crippen molar-refractivity contribution in [3.8, 4) is 0 Å². The van der Waals surface area contributed by atoms with Gasteiger partial charge in [-0.05, 0) is 30.9 Å². The van der Waals surface area contributed by atoms with Crippen molar-refractivity contribution in [3.05, 3.63) is 41.5 Å². The molecule has 0 aliphatic carbocycles. The molecule has 1 nitrogen and oxygen atoms in total. The van der Waals surface area contributed by atoms with Crippen LogP contribution in [0.3, 0.4) is 0 Å². The molecule has 0 radical (unpaired) electrons. The van der Waals surface area contributed by atoms with Crippen LogP contribution in [-0.2, 0) is 11.2 Å². The molecule has 14 heavy (non-hydrogen) atoms. The van der Waals surface area contributed by atoms with Gasteiger partial charge in [-0.1, -0.05) is 36.4 Å². The summed E-state index contributed by atoms with van der Waals surface area (Å²) >= 11 is 0. The fourth-order valence-electron chi connectivity index (χ4n) is 1.38. The molecule has 0 amide bonds. The molecule has 1 heteroatoms. The third-order valence-electron chi connectivity index (χ3n) is 2.13. The minimum Gasteiger partial charge on any atom is -0.303 e. The molecule has 0 unspecified atom stereocenters. The van der Waals surface area contributed by atoms with Crippen LogP contribution in [0.5, 0.6) is 0 Å². The second-order valence-electron chi connectivity index (χ2n) is 3.30. The van der Waals surface area contributed by atoms with Gasteiger partial charge >= 0.3 is 0 Å². The first kappa shape index (κ1) is 10.7. The van der Waals surface area contributed by atoms with Crippen molar-refractivity contribution in [3.63, 3.8) is 0 Å². The Hall–Kier alpha value is -1.37. The van der Waals surface area contributed by atoms with Gasteiger partial charge in [0.05, 0.1) is 0 Å². The average Bonchev–Trinajstić information content (AvgIpc) is 2.21. The maximum Gasteiger partial charge on any atom is 0.120 e. The van der Waals surface area contributed by atoms with E-state index in [1.807, 2.05) is 13.0 Å². The minimum absolute atomic E-state index is 0.663. The molecular weight excluding hydrogens is 172 g/mol. The lowest BCUT2D eigenvalue weighted by Gasteiger charge is -1.99. The number of unbranched alkanes of at least 4 members (excludes halogenated alkanes) is 1. The second kappa shape index (κ2) is 6.14. The Morgan fingerprint density at radius 1 is 1.21 bits per heavy atom. The molecule has 0 spiro atoms. The summed E-state index contributed by atoms with van der Waals surface area (Å²) in [5.74, 6) is 0. The zero-order valence-corrected chi connectivity index (χ0v) is 8.57. The Kier molecular flexibility index (Phi) is 4.70. The van der Waals surface area contributed by atoms with E-state index < -0.39 is 0 Å². The van der Waals surface area contributed by atoms with Gasteiger partial charge in [-0.3, -0.25) is 0 Å². The molecule has 0 aliphatic rings. The number of allylic oxidation sites excluding steroid dienone is 1. The van der Waals surface area contributed by atoms with Gasteiger partial charge in [-0.2, -0.15) is 0 Å². The van der Waals surface area contributed by atoms with Crippen molar-refractivity contribution in [2.45, 2.75) is 26.2 Å². The van der Waals surface area contributed by atoms with Crippen LogP contribution in [0.2, 0.25) is 0 Å². The summed E-state index contributed by atoms with van der Waals surface area (Å²) in [7, 11) is 0. The average molecular weight is 188 g/mol. The molecule has 0 saturated heterocycles. The van der Waals surface area contributed by atoms with Crippen LogP contribution in [0.4, 0.5) is 0 Å². The molecule has 0 aliphatic heterocycles.